The third-order valence-corrected chi connectivity index (χ3v) is 10.4. The first-order chi connectivity index (χ1) is 24.6. The van der Waals surface area contributed by atoms with Crippen molar-refractivity contribution < 1.29 is 0 Å². The molecular formula is C44H24N4O2. The lowest BCUT2D eigenvalue weighted by molar-refractivity contribution is 1.19. The zero-order valence-electron chi connectivity index (χ0n) is 27.1. The molecule has 6 nitrogen and oxygen atoms in total. The third-order valence-electron chi connectivity index (χ3n) is 10.4. The van der Waals surface area contributed by atoms with Crippen molar-refractivity contribution in [3.05, 3.63) is 117 Å². The van der Waals surface area contributed by atoms with Gasteiger partial charge in [0.15, 0.2) is 0 Å². The Bertz CT molecular complexity index is 3310. The van der Waals surface area contributed by atoms with Crippen molar-refractivity contribution >= 4 is 98.0 Å². The normalized spacial score (nSPS) is 12.2. The van der Waals surface area contributed by atoms with E-state index in [1.807, 2.05) is 62.4 Å². The van der Waals surface area contributed by atoms with E-state index in [2.05, 4.69) is 60.1 Å². The lowest BCUT2D eigenvalue weighted by Crippen LogP contribution is -2.14. The zero-order valence-corrected chi connectivity index (χ0v) is 27.1. The number of fused-ring (bicyclic) bond motifs is 10. The van der Waals surface area contributed by atoms with Crippen molar-refractivity contribution in [2.45, 2.75) is 26.7 Å². The molecule has 232 valence electrons. The van der Waals surface area contributed by atoms with Crippen LogP contribution in [0.25, 0.3) is 98.0 Å². The Hall–Kier alpha value is -6.76. The van der Waals surface area contributed by atoms with Crippen LogP contribution in [0.1, 0.15) is 37.8 Å². The van der Waals surface area contributed by atoms with Crippen LogP contribution in [0.2, 0.25) is 0 Å². The standard InChI is InChI=1S/C44H24N4O2/c1-3-5-7-23-9-19-33-35(21-23)47-41(45-33)29-15-11-25-28-14-18-32-40-30(16-12-26(38(28)40)27-13-17-31(43(47)49)39(29)37(25)27)42-46-34-20-10-24(8-6-4-2)22-36(34)48(42)44(32)50/h9-22H,3-4H2,1-2H3. The monoisotopic (exact) mass is 640 g/mol. The first kappa shape index (κ1) is 27.2. The lowest BCUT2D eigenvalue weighted by atomic mass is 9.86. The summed E-state index contributed by atoms with van der Waals surface area (Å²) in [5, 5.41) is 11.2. The van der Waals surface area contributed by atoms with Gasteiger partial charge in [-0.2, -0.15) is 0 Å². The number of nitrogens with zero attached hydrogens (tertiary/aromatic N) is 4. The summed E-state index contributed by atoms with van der Waals surface area (Å²) in [5.41, 5.74) is 5.88. The van der Waals surface area contributed by atoms with Crippen LogP contribution in [-0.4, -0.2) is 18.8 Å². The molecule has 11 aromatic rings. The molecule has 0 aliphatic heterocycles. The van der Waals surface area contributed by atoms with Crippen LogP contribution in [0.15, 0.2) is 94.5 Å². The summed E-state index contributed by atoms with van der Waals surface area (Å²) >= 11 is 0. The molecule has 0 saturated carbocycles. The molecule has 0 amide bonds. The summed E-state index contributed by atoms with van der Waals surface area (Å²) in [6.45, 7) is 4.04. The molecule has 11 rings (SSSR count). The molecule has 0 N–H and O–H groups in total. The van der Waals surface area contributed by atoms with E-state index in [1.165, 1.54) is 0 Å². The number of pyridine rings is 2. The Balaban J connectivity index is 1.27. The first-order valence-corrected chi connectivity index (χ1v) is 16.9. The second-order valence-corrected chi connectivity index (χ2v) is 13.0. The van der Waals surface area contributed by atoms with Gasteiger partial charge in [-0.25, -0.2) is 9.97 Å². The Labute approximate surface area is 283 Å². The number of hydrogen-bond donors (Lipinski definition) is 0. The van der Waals surface area contributed by atoms with Crippen molar-refractivity contribution in [3.63, 3.8) is 0 Å². The summed E-state index contributed by atoms with van der Waals surface area (Å²) in [6.07, 6.45) is 1.52. The maximum Gasteiger partial charge on any atom is 0.264 e. The molecule has 0 bridgehead atoms. The molecule has 6 heteroatoms. The minimum Gasteiger partial charge on any atom is -0.268 e. The maximum atomic E-state index is 14.3. The van der Waals surface area contributed by atoms with Crippen LogP contribution in [-0.2, 0) is 0 Å². The van der Waals surface area contributed by atoms with E-state index in [0.29, 0.717) is 22.1 Å². The number of aromatic nitrogens is 4. The minimum absolute atomic E-state index is 0.0938. The molecule has 0 fully saturated rings. The van der Waals surface area contributed by atoms with Crippen LogP contribution in [0.5, 0.6) is 0 Å². The van der Waals surface area contributed by atoms with E-state index in [0.717, 1.165) is 99.9 Å². The van der Waals surface area contributed by atoms with E-state index in [4.69, 9.17) is 9.97 Å². The van der Waals surface area contributed by atoms with Crippen LogP contribution in [0.4, 0.5) is 0 Å². The average molecular weight is 641 g/mol. The predicted octanol–water partition coefficient (Wildman–Crippen LogP) is 8.76. The SMILES string of the molecule is CCC#Cc1ccc2nc3c4ccc5c6ccc7c(=O)n8c9cc(C#CCC)ccc9nc8c8ccc(c9ccc(c(=O)n3c2c1)c4c95)c6c78. The fourth-order valence-electron chi connectivity index (χ4n) is 8.32. The Morgan fingerprint density at radius 1 is 0.480 bits per heavy atom. The molecule has 0 unspecified atom stereocenters. The summed E-state index contributed by atoms with van der Waals surface area (Å²) in [6, 6.07) is 28.3. The molecule has 0 spiro atoms. The zero-order chi connectivity index (χ0) is 33.4. The second kappa shape index (κ2) is 9.44. The smallest absolute Gasteiger partial charge is 0.264 e. The van der Waals surface area contributed by atoms with Crippen molar-refractivity contribution in [1.29, 1.82) is 0 Å². The van der Waals surface area contributed by atoms with E-state index in [9.17, 15) is 9.59 Å². The van der Waals surface area contributed by atoms with Gasteiger partial charge < -0.3 is 0 Å². The molecule has 7 aromatic carbocycles. The van der Waals surface area contributed by atoms with Crippen LogP contribution in [0.3, 0.4) is 0 Å². The summed E-state index contributed by atoms with van der Waals surface area (Å²) < 4.78 is 3.48. The highest BCUT2D eigenvalue weighted by molar-refractivity contribution is 6.40. The average Bonchev–Trinajstić information content (AvgIpc) is 3.72. The van der Waals surface area contributed by atoms with Gasteiger partial charge in [0.05, 0.1) is 22.1 Å². The predicted molar refractivity (Wildman–Crippen MR) is 204 cm³/mol. The van der Waals surface area contributed by atoms with Gasteiger partial charge in [-0.1, -0.05) is 61.8 Å². The van der Waals surface area contributed by atoms with Gasteiger partial charge in [0.2, 0.25) is 0 Å². The van der Waals surface area contributed by atoms with E-state index in [-0.39, 0.29) is 11.1 Å². The molecule has 50 heavy (non-hydrogen) atoms. The van der Waals surface area contributed by atoms with E-state index in [1.54, 1.807) is 8.80 Å². The summed E-state index contributed by atoms with van der Waals surface area (Å²) in [7, 11) is 0. The van der Waals surface area contributed by atoms with Gasteiger partial charge in [-0.05, 0) is 93.0 Å². The fraction of sp³-hybridized carbons (Fsp3) is 0.0909. The first-order valence-electron chi connectivity index (χ1n) is 16.9. The van der Waals surface area contributed by atoms with Gasteiger partial charge in [0.1, 0.15) is 11.3 Å². The number of rotatable bonds is 0. The van der Waals surface area contributed by atoms with Gasteiger partial charge in [0, 0.05) is 56.3 Å². The van der Waals surface area contributed by atoms with Gasteiger partial charge in [0.25, 0.3) is 11.1 Å². The van der Waals surface area contributed by atoms with Gasteiger partial charge in [-0.15, -0.1) is 0 Å². The molecular weight excluding hydrogens is 617 g/mol. The minimum atomic E-state index is -0.0938. The summed E-state index contributed by atoms with van der Waals surface area (Å²) in [5.74, 6) is 12.6. The molecule has 0 aliphatic carbocycles. The quantitative estimate of drug-likeness (QED) is 0.0944. The highest BCUT2D eigenvalue weighted by Gasteiger charge is 2.24. The van der Waals surface area contributed by atoms with Crippen LogP contribution in [0, 0.1) is 23.7 Å². The molecule has 0 atom stereocenters. The van der Waals surface area contributed by atoms with E-state index < -0.39 is 0 Å². The van der Waals surface area contributed by atoms with Gasteiger partial charge >= 0.3 is 0 Å². The molecule has 0 radical (unpaired) electrons. The number of imidazole rings is 2. The molecule has 0 aliphatic rings. The maximum absolute atomic E-state index is 14.3. The lowest BCUT2D eigenvalue weighted by Gasteiger charge is -2.18. The second-order valence-electron chi connectivity index (χ2n) is 13.0. The topological polar surface area (TPSA) is 68.7 Å². The Morgan fingerprint density at radius 2 is 0.840 bits per heavy atom. The Morgan fingerprint density at radius 3 is 1.24 bits per heavy atom. The van der Waals surface area contributed by atoms with Crippen molar-refractivity contribution in [3.8, 4) is 23.7 Å². The fourth-order valence-corrected chi connectivity index (χ4v) is 8.32. The number of benzene rings is 7. The van der Waals surface area contributed by atoms with Crippen molar-refractivity contribution in [2.75, 3.05) is 0 Å². The van der Waals surface area contributed by atoms with Gasteiger partial charge in [-0.3, -0.25) is 18.4 Å². The summed E-state index contributed by atoms with van der Waals surface area (Å²) in [4.78, 5) is 38.6. The molecule has 4 aromatic heterocycles. The van der Waals surface area contributed by atoms with E-state index >= 15 is 0 Å². The Kier molecular flexibility index (Phi) is 5.14. The molecule has 0 saturated heterocycles. The highest BCUT2D eigenvalue weighted by atomic mass is 16.1. The van der Waals surface area contributed by atoms with Crippen molar-refractivity contribution in [2.24, 2.45) is 0 Å². The van der Waals surface area contributed by atoms with Crippen LogP contribution >= 0.6 is 0 Å². The van der Waals surface area contributed by atoms with Crippen molar-refractivity contribution in [1.82, 2.24) is 18.8 Å². The van der Waals surface area contributed by atoms with Crippen LogP contribution < -0.4 is 11.1 Å². The number of hydrogen-bond acceptors (Lipinski definition) is 4. The third kappa shape index (κ3) is 3.25. The largest absolute Gasteiger partial charge is 0.268 e. The molecule has 4 heterocycles. The highest BCUT2D eigenvalue weighted by Crippen LogP contribution is 2.45.